The van der Waals surface area contributed by atoms with Gasteiger partial charge in [0.1, 0.15) is 0 Å². The molecule has 2 N–H and O–H groups in total. The third kappa shape index (κ3) is 4.01. The fourth-order valence-electron chi connectivity index (χ4n) is 1.54. The van der Waals surface area contributed by atoms with Crippen LogP contribution in [0.15, 0.2) is 6.20 Å². The Morgan fingerprint density at radius 2 is 2.44 bits per heavy atom. The van der Waals surface area contributed by atoms with Gasteiger partial charge in [-0.1, -0.05) is 18.1 Å². The van der Waals surface area contributed by atoms with Crippen molar-refractivity contribution >= 4 is 0 Å². The zero-order valence-electron chi connectivity index (χ0n) is 9.76. The van der Waals surface area contributed by atoms with Crippen molar-refractivity contribution in [1.29, 1.82) is 0 Å². The largest absolute Gasteiger partial charge is 0.329 e. The summed E-state index contributed by atoms with van der Waals surface area (Å²) in [5.74, 6) is 2.66. The van der Waals surface area contributed by atoms with Gasteiger partial charge in [0.05, 0.1) is 18.8 Å². The van der Waals surface area contributed by atoms with E-state index in [4.69, 9.17) is 12.2 Å². The lowest BCUT2D eigenvalue weighted by molar-refractivity contribution is 0.296. The van der Waals surface area contributed by atoms with Crippen LogP contribution >= 0.6 is 0 Å². The predicted octanol–water partition coefficient (Wildman–Crippen LogP) is 0.0820. The summed E-state index contributed by atoms with van der Waals surface area (Å²) < 4.78 is 1.76. The van der Waals surface area contributed by atoms with Gasteiger partial charge < -0.3 is 5.73 Å². The Morgan fingerprint density at radius 3 is 3.06 bits per heavy atom. The number of nitrogens with zero attached hydrogens (tertiary/aromatic N) is 4. The van der Waals surface area contributed by atoms with Crippen LogP contribution in [0, 0.1) is 12.3 Å². The van der Waals surface area contributed by atoms with E-state index in [-0.39, 0.29) is 0 Å². The Balaban J connectivity index is 2.52. The second-order valence-electron chi connectivity index (χ2n) is 3.68. The second-order valence-corrected chi connectivity index (χ2v) is 3.68. The van der Waals surface area contributed by atoms with Crippen molar-refractivity contribution in [2.24, 2.45) is 5.73 Å². The Labute approximate surface area is 96.6 Å². The molecule has 5 nitrogen and oxygen atoms in total. The number of terminal acetylenes is 1. The zero-order valence-corrected chi connectivity index (χ0v) is 9.76. The lowest BCUT2D eigenvalue weighted by Crippen LogP contribution is -2.24. The van der Waals surface area contributed by atoms with E-state index in [1.807, 2.05) is 6.20 Å². The normalized spacial score (nSPS) is 10.6. The van der Waals surface area contributed by atoms with E-state index in [0.717, 1.165) is 25.2 Å². The maximum absolute atomic E-state index is 5.44. The average molecular weight is 221 g/mol. The van der Waals surface area contributed by atoms with Gasteiger partial charge in [0.15, 0.2) is 0 Å². The molecule has 0 bridgehead atoms. The van der Waals surface area contributed by atoms with E-state index < -0.39 is 0 Å². The van der Waals surface area contributed by atoms with E-state index in [0.29, 0.717) is 19.6 Å². The molecule has 0 aromatic carbocycles. The summed E-state index contributed by atoms with van der Waals surface area (Å²) in [4.78, 5) is 2.18. The summed E-state index contributed by atoms with van der Waals surface area (Å²) in [7, 11) is 0. The van der Waals surface area contributed by atoms with Gasteiger partial charge in [-0.25, -0.2) is 0 Å². The molecule has 0 saturated carbocycles. The molecule has 0 spiro atoms. The Kier molecular flexibility index (Phi) is 5.54. The third-order valence-corrected chi connectivity index (χ3v) is 2.18. The Morgan fingerprint density at radius 1 is 1.62 bits per heavy atom. The van der Waals surface area contributed by atoms with Gasteiger partial charge in [-0.2, -0.15) is 0 Å². The standard InChI is InChI=1S/C11H19N5/c1-3-6-15(7-4-2)9-11-10-16(8-5-12)14-13-11/h1,10H,4-9,12H2,2H3. The molecule has 1 heterocycles. The van der Waals surface area contributed by atoms with Crippen LogP contribution in [0.2, 0.25) is 0 Å². The first-order valence-corrected chi connectivity index (χ1v) is 5.55. The maximum Gasteiger partial charge on any atom is 0.0967 e. The molecule has 0 amide bonds. The van der Waals surface area contributed by atoms with E-state index in [1.54, 1.807) is 4.68 Å². The Bertz CT molecular complexity index is 338. The monoisotopic (exact) mass is 221 g/mol. The first-order chi connectivity index (χ1) is 7.80. The SMILES string of the molecule is C#CCN(CCC)Cc1cn(CCN)nn1. The average Bonchev–Trinajstić information content (AvgIpc) is 2.67. The van der Waals surface area contributed by atoms with Gasteiger partial charge in [-0.05, 0) is 13.0 Å². The lowest BCUT2D eigenvalue weighted by Gasteiger charge is -2.16. The second kappa shape index (κ2) is 6.99. The summed E-state index contributed by atoms with van der Waals surface area (Å²) in [5.41, 5.74) is 6.38. The van der Waals surface area contributed by atoms with E-state index in [2.05, 4.69) is 28.1 Å². The molecule has 1 aromatic heterocycles. The first kappa shape index (κ1) is 12.7. The summed E-state index contributed by atoms with van der Waals surface area (Å²) in [6.45, 7) is 5.80. The predicted molar refractivity (Wildman–Crippen MR) is 63.5 cm³/mol. The molecule has 16 heavy (non-hydrogen) atoms. The van der Waals surface area contributed by atoms with E-state index >= 15 is 0 Å². The molecule has 88 valence electrons. The molecule has 1 rings (SSSR count). The number of rotatable bonds is 7. The number of aromatic nitrogens is 3. The van der Waals surface area contributed by atoms with Crippen LogP contribution in [0.5, 0.6) is 0 Å². The fourth-order valence-corrected chi connectivity index (χ4v) is 1.54. The lowest BCUT2D eigenvalue weighted by atomic mass is 10.3. The summed E-state index contributed by atoms with van der Waals surface area (Å²) in [6, 6.07) is 0. The number of nitrogens with two attached hydrogens (primary N) is 1. The maximum atomic E-state index is 5.44. The van der Waals surface area contributed by atoms with Gasteiger partial charge in [0.2, 0.25) is 0 Å². The molecular formula is C11H19N5. The molecule has 5 heteroatoms. The van der Waals surface area contributed by atoms with Crippen LogP contribution in [0.4, 0.5) is 0 Å². The highest BCUT2D eigenvalue weighted by Crippen LogP contribution is 2.01. The number of hydrogen-bond acceptors (Lipinski definition) is 4. The van der Waals surface area contributed by atoms with Crippen molar-refractivity contribution in [3.05, 3.63) is 11.9 Å². The van der Waals surface area contributed by atoms with E-state index in [1.165, 1.54) is 0 Å². The highest BCUT2D eigenvalue weighted by Gasteiger charge is 2.06. The quantitative estimate of drug-likeness (QED) is 0.663. The minimum Gasteiger partial charge on any atom is -0.329 e. The fraction of sp³-hybridized carbons (Fsp3) is 0.636. The first-order valence-electron chi connectivity index (χ1n) is 5.55. The molecule has 0 aliphatic rings. The summed E-state index contributed by atoms with van der Waals surface area (Å²) in [5, 5.41) is 8.07. The summed E-state index contributed by atoms with van der Waals surface area (Å²) >= 11 is 0. The van der Waals surface area contributed by atoms with Crippen LogP contribution < -0.4 is 5.73 Å². The molecule has 1 aromatic rings. The van der Waals surface area contributed by atoms with E-state index in [9.17, 15) is 0 Å². The van der Waals surface area contributed by atoms with Crippen molar-refractivity contribution in [2.45, 2.75) is 26.4 Å². The summed E-state index contributed by atoms with van der Waals surface area (Å²) in [6.07, 6.45) is 8.32. The highest BCUT2D eigenvalue weighted by molar-refractivity contribution is 4.95. The van der Waals surface area contributed by atoms with Crippen molar-refractivity contribution < 1.29 is 0 Å². The third-order valence-electron chi connectivity index (χ3n) is 2.18. The minimum absolute atomic E-state index is 0.575. The van der Waals surface area contributed by atoms with Crippen molar-refractivity contribution in [2.75, 3.05) is 19.6 Å². The molecule has 0 saturated heterocycles. The van der Waals surface area contributed by atoms with Crippen molar-refractivity contribution in [3.8, 4) is 12.3 Å². The molecule has 0 radical (unpaired) electrons. The molecular weight excluding hydrogens is 202 g/mol. The smallest absolute Gasteiger partial charge is 0.0967 e. The number of hydrogen-bond donors (Lipinski definition) is 1. The van der Waals surface area contributed by atoms with Crippen LogP contribution in [0.3, 0.4) is 0 Å². The Hall–Kier alpha value is -1.38. The van der Waals surface area contributed by atoms with Crippen molar-refractivity contribution in [3.63, 3.8) is 0 Å². The van der Waals surface area contributed by atoms with Crippen molar-refractivity contribution in [1.82, 2.24) is 19.9 Å². The van der Waals surface area contributed by atoms with Gasteiger partial charge in [0.25, 0.3) is 0 Å². The van der Waals surface area contributed by atoms with Crippen LogP contribution in [0.25, 0.3) is 0 Å². The van der Waals surface area contributed by atoms with Gasteiger partial charge >= 0.3 is 0 Å². The molecule has 0 fully saturated rings. The van der Waals surface area contributed by atoms with Crippen LogP contribution in [-0.2, 0) is 13.1 Å². The minimum atomic E-state index is 0.575. The molecule has 0 unspecified atom stereocenters. The topological polar surface area (TPSA) is 60.0 Å². The van der Waals surface area contributed by atoms with Gasteiger partial charge in [0, 0.05) is 19.3 Å². The highest BCUT2D eigenvalue weighted by atomic mass is 15.4. The van der Waals surface area contributed by atoms with Crippen LogP contribution in [0.1, 0.15) is 19.0 Å². The molecule has 0 atom stereocenters. The molecule has 0 aliphatic heterocycles. The molecule has 0 aliphatic carbocycles. The van der Waals surface area contributed by atoms with Gasteiger partial charge in [-0.3, -0.25) is 9.58 Å². The van der Waals surface area contributed by atoms with Gasteiger partial charge in [-0.15, -0.1) is 11.5 Å². The van der Waals surface area contributed by atoms with Crippen LogP contribution in [-0.4, -0.2) is 39.5 Å². The zero-order chi connectivity index (χ0) is 11.8.